The lowest BCUT2D eigenvalue weighted by Gasteiger charge is -2.31. The van der Waals surface area contributed by atoms with E-state index in [0.717, 1.165) is 0 Å². The Kier molecular flexibility index (Phi) is 4.27. The van der Waals surface area contributed by atoms with Gasteiger partial charge < -0.3 is 4.90 Å². The molecule has 0 aliphatic carbocycles. The van der Waals surface area contributed by atoms with Crippen LogP contribution in [0.15, 0.2) is 18.2 Å². The summed E-state index contributed by atoms with van der Waals surface area (Å²) in [6.45, 7) is 7.68. The molecule has 17 heavy (non-hydrogen) atoms. The van der Waals surface area contributed by atoms with Crippen molar-refractivity contribution >= 4 is 11.5 Å². The molecule has 0 saturated carbocycles. The van der Waals surface area contributed by atoms with Gasteiger partial charge in [-0.2, -0.15) is 0 Å². The van der Waals surface area contributed by atoms with Gasteiger partial charge >= 0.3 is 0 Å². The van der Waals surface area contributed by atoms with Crippen LogP contribution in [0.5, 0.6) is 0 Å². The van der Waals surface area contributed by atoms with Crippen LogP contribution in [0.2, 0.25) is 0 Å². The number of carbonyl (C=O) groups excluding carboxylic acids is 1. The summed E-state index contributed by atoms with van der Waals surface area (Å²) >= 11 is 0. The van der Waals surface area contributed by atoms with Crippen molar-refractivity contribution in [1.82, 2.24) is 0 Å². The average Bonchev–Trinajstić information content (AvgIpc) is 2.25. The van der Waals surface area contributed by atoms with Crippen LogP contribution in [0.4, 0.5) is 10.1 Å². The topological polar surface area (TPSA) is 20.3 Å². The van der Waals surface area contributed by atoms with Crippen LogP contribution >= 0.6 is 0 Å². The maximum absolute atomic E-state index is 13.7. The number of nitrogens with zero attached hydrogens (tertiary/aromatic N) is 1. The molecule has 0 saturated heterocycles. The molecule has 1 unspecified atom stereocenters. The van der Waals surface area contributed by atoms with Gasteiger partial charge in [0, 0.05) is 13.1 Å². The van der Waals surface area contributed by atoms with Gasteiger partial charge in [0.2, 0.25) is 0 Å². The second-order valence-electron chi connectivity index (χ2n) is 4.79. The van der Waals surface area contributed by atoms with Crippen molar-refractivity contribution in [2.75, 3.05) is 11.9 Å². The molecule has 0 fully saturated rings. The first-order valence-corrected chi connectivity index (χ1v) is 5.88. The predicted octanol–water partition coefficient (Wildman–Crippen LogP) is 3.51. The fourth-order valence-corrected chi connectivity index (χ4v) is 1.82. The molecule has 1 rings (SSSR count). The summed E-state index contributed by atoms with van der Waals surface area (Å²) in [6, 6.07) is 5.00. The average molecular weight is 237 g/mol. The minimum atomic E-state index is -0.446. The molecule has 0 spiro atoms. The van der Waals surface area contributed by atoms with Gasteiger partial charge in [-0.3, -0.25) is 4.79 Å². The molecule has 94 valence electrons. The van der Waals surface area contributed by atoms with E-state index in [0.29, 0.717) is 11.6 Å². The summed E-state index contributed by atoms with van der Waals surface area (Å²) in [4.78, 5) is 13.5. The Bertz CT molecular complexity index is 415. The highest BCUT2D eigenvalue weighted by Crippen LogP contribution is 2.26. The standard InChI is InChI=1S/C14H20FNO/c1-9(2)10(3)16(5)13-8-6-7-12(15)14(13)11(4)17/h6-10H,1-5H3. The van der Waals surface area contributed by atoms with Crippen LogP contribution in [0.1, 0.15) is 38.1 Å². The summed E-state index contributed by atoms with van der Waals surface area (Å²) in [5.74, 6) is -0.248. The van der Waals surface area contributed by atoms with Gasteiger partial charge in [-0.15, -0.1) is 0 Å². The molecule has 0 N–H and O–H groups in total. The van der Waals surface area contributed by atoms with Crippen molar-refractivity contribution < 1.29 is 9.18 Å². The van der Waals surface area contributed by atoms with Crippen molar-refractivity contribution in [2.45, 2.75) is 33.7 Å². The first kappa shape index (κ1) is 13.7. The molecule has 0 heterocycles. The van der Waals surface area contributed by atoms with Crippen molar-refractivity contribution in [3.63, 3.8) is 0 Å². The van der Waals surface area contributed by atoms with Gasteiger partial charge in [-0.05, 0) is 31.9 Å². The molecule has 1 aromatic rings. The minimum absolute atomic E-state index is 0.183. The van der Waals surface area contributed by atoms with Gasteiger partial charge in [-0.25, -0.2) is 4.39 Å². The number of hydrogen-bond donors (Lipinski definition) is 0. The largest absolute Gasteiger partial charge is 0.371 e. The van der Waals surface area contributed by atoms with Crippen LogP contribution in [-0.2, 0) is 0 Å². The Morgan fingerprint density at radius 3 is 2.35 bits per heavy atom. The molecule has 1 atom stereocenters. The van der Waals surface area contributed by atoms with Crippen LogP contribution in [0.25, 0.3) is 0 Å². The lowest BCUT2D eigenvalue weighted by molar-refractivity contribution is 0.101. The van der Waals surface area contributed by atoms with E-state index in [1.54, 1.807) is 12.1 Å². The van der Waals surface area contributed by atoms with Crippen molar-refractivity contribution in [2.24, 2.45) is 5.92 Å². The number of anilines is 1. The minimum Gasteiger partial charge on any atom is -0.371 e. The Morgan fingerprint density at radius 1 is 1.29 bits per heavy atom. The van der Waals surface area contributed by atoms with Crippen molar-refractivity contribution in [3.8, 4) is 0 Å². The summed E-state index contributed by atoms with van der Waals surface area (Å²) in [5, 5.41) is 0. The summed E-state index contributed by atoms with van der Waals surface area (Å²) in [7, 11) is 1.89. The number of halogens is 1. The third-order valence-corrected chi connectivity index (χ3v) is 3.30. The first-order chi connectivity index (χ1) is 7.86. The quantitative estimate of drug-likeness (QED) is 0.747. The molecule has 0 aliphatic rings. The summed E-state index contributed by atoms with van der Waals surface area (Å²) in [5.41, 5.74) is 0.848. The highest BCUT2D eigenvalue weighted by Gasteiger charge is 2.20. The highest BCUT2D eigenvalue weighted by atomic mass is 19.1. The Hall–Kier alpha value is -1.38. The van der Waals surface area contributed by atoms with Crippen LogP contribution in [0, 0.1) is 11.7 Å². The van der Waals surface area contributed by atoms with E-state index in [1.165, 1.54) is 13.0 Å². The van der Waals surface area contributed by atoms with Crippen molar-refractivity contribution in [1.29, 1.82) is 0 Å². The van der Waals surface area contributed by atoms with E-state index in [4.69, 9.17) is 0 Å². The predicted molar refractivity (Wildman–Crippen MR) is 69.1 cm³/mol. The Morgan fingerprint density at radius 2 is 1.88 bits per heavy atom. The number of carbonyl (C=O) groups is 1. The lowest BCUT2D eigenvalue weighted by Crippen LogP contribution is -2.34. The molecule has 2 nitrogen and oxygen atoms in total. The Labute approximate surface area is 102 Å². The number of hydrogen-bond acceptors (Lipinski definition) is 2. The number of Topliss-reactive ketones (excluding diaryl/α,β-unsaturated/α-hetero) is 1. The zero-order valence-electron chi connectivity index (χ0n) is 11.1. The third kappa shape index (κ3) is 2.84. The lowest BCUT2D eigenvalue weighted by atomic mass is 10.0. The molecule has 3 heteroatoms. The molecule has 0 radical (unpaired) electrons. The number of ketones is 1. The monoisotopic (exact) mass is 237 g/mol. The van der Waals surface area contributed by atoms with E-state index in [-0.39, 0.29) is 17.4 Å². The second-order valence-corrected chi connectivity index (χ2v) is 4.79. The fraction of sp³-hybridized carbons (Fsp3) is 0.500. The smallest absolute Gasteiger partial charge is 0.164 e. The maximum Gasteiger partial charge on any atom is 0.164 e. The summed E-state index contributed by atoms with van der Waals surface area (Å²) < 4.78 is 13.7. The van der Waals surface area contributed by atoms with E-state index in [9.17, 15) is 9.18 Å². The molecule has 0 amide bonds. The summed E-state index contributed by atoms with van der Waals surface area (Å²) in [6.07, 6.45) is 0. The molecule has 1 aromatic carbocycles. The number of rotatable bonds is 4. The van der Waals surface area contributed by atoms with Gasteiger partial charge in [-0.1, -0.05) is 19.9 Å². The molecule has 0 bridgehead atoms. The first-order valence-electron chi connectivity index (χ1n) is 5.88. The molecule has 0 aliphatic heterocycles. The van der Waals surface area contributed by atoms with Gasteiger partial charge in [0.25, 0.3) is 0 Å². The van der Waals surface area contributed by atoms with E-state index >= 15 is 0 Å². The van der Waals surface area contributed by atoms with Gasteiger partial charge in [0.1, 0.15) is 5.82 Å². The van der Waals surface area contributed by atoms with E-state index in [1.807, 2.05) is 11.9 Å². The normalized spacial score (nSPS) is 12.6. The third-order valence-electron chi connectivity index (χ3n) is 3.30. The molecular formula is C14H20FNO. The zero-order chi connectivity index (χ0) is 13.2. The van der Waals surface area contributed by atoms with Crippen LogP contribution in [-0.4, -0.2) is 18.9 Å². The maximum atomic E-state index is 13.7. The molecule has 0 aromatic heterocycles. The van der Waals surface area contributed by atoms with Crippen molar-refractivity contribution in [3.05, 3.63) is 29.6 Å². The molecular weight excluding hydrogens is 217 g/mol. The zero-order valence-corrected chi connectivity index (χ0v) is 11.1. The van der Waals surface area contributed by atoms with Crippen LogP contribution in [0.3, 0.4) is 0 Å². The fourth-order valence-electron chi connectivity index (χ4n) is 1.82. The van der Waals surface area contributed by atoms with Gasteiger partial charge in [0.05, 0.1) is 11.3 Å². The second kappa shape index (κ2) is 5.30. The van der Waals surface area contributed by atoms with Crippen LogP contribution < -0.4 is 4.90 Å². The highest BCUT2D eigenvalue weighted by molar-refractivity contribution is 6.00. The van der Waals surface area contributed by atoms with E-state index in [2.05, 4.69) is 20.8 Å². The van der Waals surface area contributed by atoms with E-state index < -0.39 is 5.82 Å². The Balaban J connectivity index is 3.22. The number of benzene rings is 1. The SMILES string of the molecule is CC(=O)c1c(F)cccc1N(C)C(C)C(C)C. The van der Waals surface area contributed by atoms with Gasteiger partial charge in [0.15, 0.2) is 5.78 Å².